The average Bonchev–Trinajstić information content (AvgIpc) is 3.29. The van der Waals surface area contributed by atoms with Gasteiger partial charge in [-0.05, 0) is 38.5 Å². The lowest BCUT2D eigenvalue weighted by atomic mass is 10.2. The molecular formula is C19H21N3O4S. The molecule has 1 atom stereocenters. The van der Waals surface area contributed by atoms with Crippen molar-refractivity contribution in [3.8, 4) is 11.5 Å². The van der Waals surface area contributed by atoms with Crippen LogP contribution in [-0.2, 0) is 6.61 Å². The van der Waals surface area contributed by atoms with Crippen LogP contribution in [0.25, 0.3) is 0 Å². The van der Waals surface area contributed by atoms with E-state index in [-0.39, 0.29) is 24.2 Å². The number of carbonyl (C=O) groups excluding carboxylic acids is 1. The zero-order valence-electron chi connectivity index (χ0n) is 15.6. The van der Waals surface area contributed by atoms with Crippen molar-refractivity contribution in [2.24, 2.45) is 0 Å². The highest BCUT2D eigenvalue weighted by Crippen LogP contribution is 2.28. The van der Waals surface area contributed by atoms with E-state index in [2.05, 4.69) is 15.3 Å². The van der Waals surface area contributed by atoms with Crippen molar-refractivity contribution in [2.45, 2.75) is 33.4 Å². The van der Waals surface area contributed by atoms with Crippen LogP contribution in [0.1, 0.15) is 45.6 Å². The molecule has 0 saturated carbocycles. The molecule has 27 heavy (non-hydrogen) atoms. The van der Waals surface area contributed by atoms with Crippen LogP contribution in [0.4, 0.5) is 0 Å². The summed E-state index contributed by atoms with van der Waals surface area (Å²) < 4.78 is 16.3. The SMILES string of the molecule is COc1cc(C)ccc1OCc1nc(C(=O)N[C@H](C)c2csc(C)n2)co1. The van der Waals surface area contributed by atoms with Gasteiger partial charge in [0, 0.05) is 5.38 Å². The molecule has 8 heteroatoms. The number of nitrogens with zero attached hydrogens (tertiary/aromatic N) is 2. The molecule has 0 spiro atoms. The summed E-state index contributed by atoms with van der Waals surface area (Å²) in [6.45, 7) is 5.86. The largest absolute Gasteiger partial charge is 0.493 e. The zero-order chi connectivity index (χ0) is 19.4. The Labute approximate surface area is 161 Å². The number of hydrogen-bond donors (Lipinski definition) is 1. The van der Waals surface area contributed by atoms with Crippen molar-refractivity contribution in [1.29, 1.82) is 0 Å². The van der Waals surface area contributed by atoms with E-state index in [1.54, 1.807) is 18.4 Å². The summed E-state index contributed by atoms with van der Waals surface area (Å²) in [6, 6.07) is 5.41. The van der Waals surface area contributed by atoms with Crippen molar-refractivity contribution in [2.75, 3.05) is 7.11 Å². The Kier molecular flexibility index (Phi) is 5.75. The summed E-state index contributed by atoms with van der Waals surface area (Å²) in [5.41, 5.74) is 2.09. The van der Waals surface area contributed by atoms with Gasteiger partial charge in [-0.15, -0.1) is 11.3 Å². The summed E-state index contributed by atoms with van der Waals surface area (Å²) in [7, 11) is 1.58. The van der Waals surface area contributed by atoms with Crippen LogP contribution in [0.3, 0.4) is 0 Å². The maximum Gasteiger partial charge on any atom is 0.273 e. The first-order chi connectivity index (χ1) is 13.0. The molecule has 7 nitrogen and oxygen atoms in total. The van der Waals surface area contributed by atoms with Crippen LogP contribution in [0.15, 0.2) is 34.3 Å². The molecule has 0 aliphatic rings. The van der Waals surface area contributed by atoms with Gasteiger partial charge < -0.3 is 19.2 Å². The number of hydrogen-bond acceptors (Lipinski definition) is 7. The fourth-order valence-corrected chi connectivity index (χ4v) is 3.14. The van der Waals surface area contributed by atoms with Gasteiger partial charge in [-0.2, -0.15) is 0 Å². The maximum atomic E-state index is 12.3. The predicted octanol–water partition coefficient (Wildman–Crippen LogP) is 3.83. The molecule has 2 aromatic heterocycles. The number of benzene rings is 1. The van der Waals surface area contributed by atoms with Gasteiger partial charge >= 0.3 is 0 Å². The van der Waals surface area contributed by atoms with Gasteiger partial charge in [-0.25, -0.2) is 9.97 Å². The number of amides is 1. The van der Waals surface area contributed by atoms with Gasteiger partial charge in [-0.1, -0.05) is 6.07 Å². The first-order valence-electron chi connectivity index (χ1n) is 8.41. The van der Waals surface area contributed by atoms with Crippen LogP contribution in [0.5, 0.6) is 11.5 Å². The van der Waals surface area contributed by atoms with Crippen molar-refractivity contribution in [1.82, 2.24) is 15.3 Å². The Morgan fingerprint density at radius 1 is 1.30 bits per heavy atom. The zero-order valence-corrected chi connectivity index (χ0v) is 16.4. The number of aryl methyl sites for hydroxylation is 2. The topological polar surface area (TPSA) is 86.5 Å². The third-order valence-corrected chi connectivity index (χ3v) is 4.67. The van der Waals surface area contributed by atoms with Crippen molar-refractivity contribution in [3.63, 3.8) is 0 Å². The summed E-state index contributed by atoms with van der Waals surface area (Å²) >= 11 is 1.54. The summed E-state index contributed by atoms with van der Waals surface area (Å²) in [6.07, 6.45) is 1.32. The molecule has 0 aliphatic heterocycles. The molecule has 1 amide bonds. The Morgan fingerprint density at radius 2 is 2.11 bits per heavy atom. The number of aromatic nitrogens is 2. The molecule has 0 aliphatic carbocycles. The standard InChI is InChI=1S/C19H21N3O4S/c1-11-5-6-16(17(7-11)24-4)25-9-18-22-14(8-26-18)19(23)20-12(2)15-10-27-13(3)21-15/h5-8,10,12H,9H2,1-4H3,(H,20,23)/t12-/m1/s1. The van der Waals surface area contributed by atoms with E-state index in [1.807, 2.05) is 44.4 Å². The molecule has 142 valence electrons. The Hall–Kier alpha value is -2.87. The molecule has 3 aromatic rings. The second-order valence-electron chi connectivity index (χ2n) is 6.06. The fourth-order valence-electron chi connectivity index (χ4n) is 2.44. The van der Waals surface area contributed by atoms with Crippen LogP contribution in [0.2, 0.25) is 0 Å². The molecule has 0 unspecified atom stereocenters. The average molecular weight is 387 g/mol. The third kappa shape index (κ3) is 4.65. The lowest BCUT2D eigenvalue weighted by Crippen LogP contribution is -2.27. The highest BCUT2D eigenvalue weighted by Gasteiger charge is 2.17. The Morgan fingerprint density at radius 3 is 2.81 bits per heavy atom. The highest BCUT2D eigenvalue weighted by atomic mass is 32.1. The van der Waals surface area contributed by atoms with E-state index in [9.17, 15) is 4.79 Å². The van der Waals surface area contributed by atoms with E-state index in [0.717, 1.165) is 16.3 Å². The van der Waals surface area contributed by atoms with Crippen LogP contribution < -0.4 is 14.8 Å². The summed E-state index contributed by atoms with van der Waals surface area (Å²) in [5, 5.41) is 5.74. The number of oxazole rings is 1. The molecule has 0 saturated heterocycles. The molecule has 0 fully saturated rings. The van der Waals surface area contributed by atoms with Crippen LogP contribution in [0, 0.1) is 13.8 Å². The molecular weight excluding hydrogens is 366 g/mol. The number of methoxy groups -OCH3 is 1. The Bertz CT molecular complexity index is 935. The third-order valence-electron chi connectivity index (χ3n) is 3.88. The number of rotatable bonds is 7. The normalized spacial score (nSPS) is 11.9. The number of carbonyl (C=O) groups is 1. The highest BCUT2D eigenvalue weighted by molar-refractivity contribution is 7.09. The minimum Gasteiger partial charge on any atom is -0.493 e. The second kappa shape index (κ2) is 8.22. The number of ether oxygens (including phenoxy) is 2. The molecule has 0 bridgehead atoms. The van der Waals surface area contributed by atoms with Gasteiger partial charge in [-0.3, -0.25) is 4.79 Å². The van der Waals surface area contributed by atoms with E-state index >= 15 is 0 Å². The molecule has 0 radical (unpaired) electrons. The van der Waals surface area contributed by atoms with E-state index in [4.69, 9.17) is 13.9 Å². The monoisotopic (exact) mass is 387 g/mol. The molecule has 1 aromatic carbocycles. The van der Waals surface area contributed by atoms with Crippen LogP contribution in [-0.4, -0.2) is 23.0 Å². The lowest BCUT2D eigenvalue weighted by Gasteiger charge is -2.10. The number of thiazole rings is 1. The molecule has 3 rings (SSSR count). The van der Waals surface area contributed by atoms with Gasteiger partial charge in [0.15, 0.2) is 23.8 Å². The second-order valence-corrected chi connectivity index (χ2v) is 7.12. The van der Waals surface area contributed by atoms with Crippen molar-refractivity contribution < 1.29 is 18.7 Å². The van der Waals surface area contributed by atoms with Gasteiger partial charge in [0.1, 0.15) is 6.26 Å². The first kappa shape index (κ1) is 18.9. The summed E-state index contributed by atoms with van der Waals surface area (Å²) in [5.74, 6) is 1.20. The van der Waals surface area contributed by atoms with E-state index in [0.29, 0.717) is 17.4 Å². The van der Waals surface area contributed by atoms with E-state index < -0.39 is 0 Å². The fraction of sp³-hybridized carbons (Fsp3) is 0.316. The van der Waals surface area contributed by atoms with Crippen LogP contribution >= 0.6 is 11.3 Å². The van der Waals surface area contributed by atoms with Gasteiger partial charge in [0.25, 0.3) is 5.91 Å². The predicted molar refractivity (Wildman–Crippen MR) is 101 cm³/mol. The van der Waals surface area contributed by atoms with E-state index in [1.165, 1.54) is 6.26 Å². The molecule has 1 N–H and O–H groups in total. The van der Waals surface area contributed by atoms with Crippen molar-refractivity contribution >= 4 is 17.2 Å². The maximum absolute atomic E-state index is 12.3. The minimum absolute atomic E-state index is 0.0908. The van der Waals surface area contributed by atoms with Gasteiger partial charge in [0.2, 0.25) is 5.89 Å². The smallest absolute Gasteiger partial charge is 0.273 e. The lowest BCUT2D eigenvalue weighted by molar-refractivity contribution is 0.0934. The molecule has 2 heterocycles. The summed E-state index contributed by atoms with van der Waals surface area (Å²) in [4.78, 5) is 20.9. The van der Waals surface area contributed by atoms with Crippen molar-refractivity contribution in [3.05, 3.63) is 57.7 Å². The number of nitrogens with one attached hydrogen (secondary N) is 1. The minimum atomic E-state index is -0.323. The first-order valence-corrected chi connectivity index (χ1v) is 9.29. The van der Waals surface area contributed by atoms with Gasteiger partial charge in [0.05, 0.1) is 23.9 Å². The Balaban J connectivity index is 1.60. The quantitative estimate of drug-likeness (QED) is 0.663.